The number of nitrogens with one attached hydrogen (secondary N) is 1. The molecule has 0 radical (unpaired) electrons. The van der Waals surface area contributed by atoms with Crippen molar-refractivity contribution in [2.45, 2.75) is 16.1 Å². The van der Waals surface area contributed by atoms with Crippen molar-refractivity contribution in [2.75, 3.05) is 6.61 Å². The molecule has 2 rings (SSSR count). The van der Waals surface area contributed by atoms with Gasteiger partial charge in [-0.3, -0.25) is 0 Å². The van der Waals surface area contributed by atoms with Crippen LogP contribution in [0.1, 0.15) is 11.7 Å². The van der Waals surface area contributed by atoms with Gasteiger partial charge in [-0.1, -0.05) is 52.9 Å². The Bertz CT molecular complexity index is 371. The van der Waals surface area contributed by atoms with Gasteiger partial charge in [0.25, 0.3) is 0 Å². The summed E-state index contributed by atoms with van der Waals surface area (Å²) in [5, 5.41) is 11.8. The summed E-state index contributed by atoms with van der Waals surface area (Å²) in [7, 11) is 0. The Morgan fingerprint density at radius 3 is 2.69 bits per heavy atom. The average Bonchev–Trinajstić information content (AvgIpc) is 2.33. The summed E-state index contributed by atoms with van der Waals surface area (Å²) in [4.78, 5) is 11.3. The molecule has 0 saturated carbocycles. The van der Waals surface area contributed by atoms with Gasteiger partial charge in [0.1, 0.15) is 6.10 Å². The number of aliphatic hydroxyl groups excluding tert-OH is 1. The summed E-state index contributed by atoms with van der Waals surface area (Å²) >= 11 is 2.19. The van der Waals surface area contributed by atoms with Crippen molar-refractivity contribution < 1.29 is 14.6 Å². The molecule has 0 bridgehead atoms. The molecule has 86 valence electrons. The van der Waals surface area contributed by atoms with Gasteiger partial charge in [-0.15, -0.1) is 0 Å². The number of hydrogen-bond acceptors (Lipinski definition) is 3. The molecule has 1 aromatic carbocycles. The van der Waals surface area contributed by atoms with Gasteiger partial charge in [0.2, 0.25) is 0 Å². The summed E-state index contributed by atoms with van der Waals surface area (Å²) in [6.45, 7) is -0.0773. The minimum Gasteiger partial charge on any atom is -0.440 e. The van der Waals surface area contributed by atoms with Crippen LogP contribution < -0.4 is 5.32 Å². The predicted molar refractivity (Wildman–Crippen MR) is 67.5 cm³/mol. The minimum absolute atomic E-state index is 0.0164. The predicted octanol–water partition coefficient (Wildman–Crippen LogP) is 1.63. The number of alkyl halides is 1. The fourth-order valence-corrected chi connectivity index (χ4v) is 2.67. The van der Waals surface area contributed by atoms with E-state index in [-0.39, 0.29) is 22.7 Å². The molecule has 1 aliphatic rings. The second-order valence-corrected chi connectivity index (χ2v) is 5.05. The Balaban J connectivity index is 2.23. The van der Waals surface area contributed by atoms with Crippen molar-refractivity contribution in [2.24, 2.45) is 0 Å². The second kappa shape index (κ2) is 5.01. The van der Waals surface area contributed by atoms with Crippen LogP contribution in [0.5, 0.6) is 0 Å². The third kappa shape index (κ3) is 2.30. The fraction of sp³-hybridized carbons (Fsp3) is 0.364. The molecule has 0 aromatic heterocycles. The summed E-state index contributed by atoms with van der Waals surface area (Å²) in [6, 6.07) is 9.31. The fourth-order valence-electron chi connectivity index (χ4n) is 1.70. The molecule has 16 heavy (non-hydrogen) atoms. The van der Waals surface area contributed by atoms with Crippen molar-refractivity contribution in [1.82, 2.24) is 5.32 Å². The SMILES string of the molecule is O=C1N[C@@H](CO)[C@H](I)[C@@H](c2ccccc2)O1. The summed E-state index contributed by atoms with van der Waals surface area (Å²) in [6.07, 6.45) is -0.770. The van der Waals surface area contributed by atoms with Gasteiger partial charge in [-0.25, -0.2) is 4.79 Å². The Hall–Kier alpha value is -0.820. The summed E-state index contributed by atoms with van der Waals surface area (Å²) < 4.78 is 5.26. The van der Waals surface area contributed by atoms with E-state index in [9.17, 15) is 4.79 Å². The van der Waals surface area contributed by atoms with Gasteiger partial charge in [-0.05, 0) is 5.56 Å². The van der Waals surface area contributed by atoms with Crippen LogP contribution in [0.3, 0.4) is 0 Å². The molecule has 1 heterocycles. The quantitative estimate of drug-likeness (QED) is 0.639. The molecular weight excluding hydrogens is 321 g/mol. The highest BCUT2D eigenvalue weighted by Gasteiger charge is 2.36. The van der Waals surface area contributed by atoms with E-state index in [1.807, 2.05) is 30.3 Å². The van der Waals surface area contributed by atoms with Crippen molar-refractivity contribution >= 4 is 28.7 Å². The topological polar surface area (TPSA) is 58.6 Å². The maximum Gasteiger partial charge on any atom is 0.408 e. The van der Waals surface area contributed by atoms with Gasteiger partial charge < -0.3 is 15.2 Å². The Morgan fingerprint density at radius 2 is 2.06 bits per heavy atom. The number of carbonyl (C=O) groups is 1. The van der Waals surface area contributed by atoms with Gasteiger partial charge >= 0.3 is 6.09 Å². The highest BCUT2D eigenvalue weighted by atomic mass is 127. The smallest absolute Gasteiger partial charge is 0.408 e. The zero-order chi connectivity index (χ0) is 11.5. The number of hydrogen-bond donors (Lipinski definition) is 2. The van der Waals surface area contributed by atoms with Crippen molar-refractivity contribution in [1.29, 1.82) is 0 Å². The van der Waals surface area contributed by atoms with E-state index in [1.165, 1.54) is 0 Å². The van der Waals surface area contributed by atoms with Crippen LogP contribution in [0.2, 0.25) is 0 Å². The molecule has 0 spiro atoms. The first-order chi connectivity index (χ1) is 7.72. The van der Waals surface area contributed by atoms with Crippen LogP contribution in [0, 0.1) is 0 Å². The molecule has 1 aliphatic heterocycles. The Kier molecular flexibility index (Phi) is 3.65. The van der Waals surface area contributed by atoms with Crippen LogP contribution in [0.25, 0.3) is 0 Å². The lowest BCUT2D eigenvalue weighted by atomic mass is 10.0. The van der Waals surface area contributed by atoms with E-state index in [0.29, 0.717) is 0 Å². The number of rotatable bonds is 2. The molecule has 5 heteroatoms. The van der Waals surface area contributed by atoms with Crippen molar-refractivity contribution in [3.05, 3.63) is 35.9 Å². The number of amides is 1. The zero-order valence-electron chi connectivity index (χ0n) is 8.47. The van der Waals surface area contributed by atoms with E-state index in [1.54, 1.807) is 0 Å². The third-order valence-corrected chi connectivity index (χ3v) is 4.06. The lowest BCUT2D eigenvalue weighted by Crippen LogP contribution is -2.51. The maximum absolute atomic E-state index is 11.3. The molecule has 2 N–H and O–H groups in total. The second-order valence-electron chi connectivity index (χ2n) is 3.61. The van der Waals surface area contributed by atoms with Crippen LogP contribution in [0.15, 0.2) is 30.3 Å². The highest BCUT2D eigenvalue weighted by Crippen LogP contribution is 2.31. The first-order valence-electron chi connectivity index (χ1n) is 4.99. The van der Waals surface area contributed by atoms with Gasteiger partial charge in [0, 0.05) is 0 Å². The molecule has 1 saturated heterocycles. The first kappa shape index (κ1) is 11.7. The van der Waals surface area contributed by atoms with Crippen LogP contribution >= 0.6 is 22.6 Å². The number of alkyl carbamates (subject to hydrolysis) is 1. The Labute approximate surface area is 107 Å². The van der Waals surface area contributed by atoms with E-state index in [2.05, 4.69) is 27.9 Å². The van der Waals surface area contributed by atoms with Gasteiger partial charge in [-0.2, -0.15) is 0 Å². The van der Waals surface area contributed by atoms with E-state index in [4.69, 9.17) is 9.84 Å². The molecule has 4 nitrogen and oxygen atoms in total. The van der Waals surface area contributed by atoms with Crippen molar-refractivity contribution in [3.8, 4) is 0 Å². The number of ether oxygens (including phenoxy) is 1. The van der Waals surface area contributed by atoms with E-state index < -0.39 is 6.09 Å². The molecule has 0 aliphatic carbocycles. The molecule has 1 aromatic rings. The number of cyclic esters (lactones) is 1. The highest BCUT2D eigenvalue weighted by molar-refractivity contribution is 14.1. The standard InChI is InChI=1S/C11H12INO3/c12-9-8(6-14)13-11(15)16-10(9)7-4-2-1-3-5-7/h1-5,8-10,14H,6H2,(H,13,15)/t8-,9-,10+/m0/s1. The first-order valence-corrected chi connectivity index (χ1v) is 6.24. The van der Waals surface area contributed by atoms with E-state index in [0.717, 1.165) is 5.56 Å². The normalized spacial score (nSPS) is 29.4. The van der Waals surface area contributed by atoms with Crippen LogP contribution in [-0.4, -0.2) is 27.8 Å². The number of aliphatic hydroxyl groups is 1. The molecule has 1 fully saturated rings. The molecule has 0 unspecified atom stereocenters. The van der Waals surface area contributed by atoms with Gasteiger partial charge in [0.15, 0.2) is 0 Å². The lowest BCUT2D eigenvalue weighted by Gasteiger charge is -2.34. The van der Waals surface area contributed by atoms with Crippen LogP contribution in [-0.2, 0) is 4.74 Å². The largest absolute Gasteiger partial charge is 0.440 e. The maximum atomic E-state index is 11.3. The number of carbonyl (C=O) groups excluding carboxylic acids is 1. The molecular formula is C11H12INO3. The minimum atomic E-state index is -0.471. The monoisotopic (exact) mass is 333 g/mol. The van der Waals surface area contributed by atoms with Gasteiger partial charge in [0.05, 0.1) is 16.6 Å². The summed E-state index contributed by atoms with van der Waals surface area (Å²) in [5.74, 6) is 0. The lowest BCUT2D eigenvalue weighted by molar-refractivity contribution is 0.0555. The number of benzene rings is 1. The van der Waals surface area contributed by atoms with Crippen LogP contribution in [0.4, 0.5) is 4.79 Å². The average molecular weight is 333 g/mol. The molecule has 3 atom stereocenters. The molecule has 1 amide bonds. The number of halogens is 1. The third-order valence-electron chi connectivity index (χ3n) is 2.54. The zero-order valence-corrected chi connectivity index (χ0v) is 10.6. The van der Waals surface area contributed by atoms with E-state index >= 15 is 0 Å². The summed E-state index contributed by atoms with van der Waals surface area (Å²) in [5.41, 5.74) is 0.954. The van der Waals surface area contributed by atoms with Crippen molar-refractivity contribution in [3.63, 3.8) is 0 Å². The Morgan fingerprint density at radius 1 is 1.38 bits per heavy atom.